The van der Waals surface area contributed by atoms with E-state index in [-0.39, 0.29) is 11.5 Å². The minimum Gasteiger partial charge on any atom is -0.504 e. The van der Waals surface area contributed by atoms with Crippen LogP contribution in [0.1, 0.15) is 5.56 Å². The lowest BCUT2D eigenvalue weighted by molar-refractivity contribution is 0.400. The van der Waals surface area contributed by atoms with E-state index in [2.05, 4.69) is 12.6 Å². The molecule has 0 saturated carbocycles. The smallest absolute Gasteiger partial charge is 0.160 e. The lowest BCUT2D eigenvalue weighted by Crippen LogP contribution is -1.75. The van der Waals surface area contributed by atoms with Crippen LogP contribution in [-0.2, 0) is 0 Å². The Bertz CT molecular complexity index is 235. The van der Waals surface area contributed by atoms with Gasteiger partial charge in [0.1, 0.15) is 0 Å². The molecule has 0 aliphatic heterocycles. The van der Waals surface area contributed by atoms with Gasteiger partial charge in [0.2, 0.25) is 0 Å². The Balaban J connectivity index is 3.31. The Morgan fingerprint density at radius 2 is 1.90 bits per heavy atom. The topological polar surface area (TPSA) is 40.5 Å². The van der Waals surface area contributed by atoms with Crippen LogP contribution in [0.25, 0.3) is 0 Å². The SMILES string of the molecule is Cc1cc(S)cc(O)c1O. The molecule has 1 aromatic carbocycles. The fourth-order valence-electron chi connectivity index (χ4n) is 0.742. The molecule has 0 unspecified atom stereocenters. The maximum Gasteiger partial charge on any atom is 0.160 e. The molecule has 0 aromatic heterocycles. The molecule has 0 fully saturated rings. The fraction of sp³-hybridized carbons (Fsp3) is 0.143. The van der Waals surface area contributed by atoms with Crippen LogP contribution < -0.4 is 0 Å². The first kappa shape index (κ1) is 7.28. The lowest BCUT2D eigenvalue weighted by Gasteiger charge is -2.01. The molecule has 3 heteroatoms. The quantitative estimate of drug-likeness (QED) is 0.395. The predicted molar refractivity (Wildman–Crippen MR) is 41.8 cm³/mol. The molecule has 1 aromatic rings. The van der Waals surface area contributed by atoms with E-state index in [1.54, 1.807) is 13.0 Å². The number of benzene rings is 1. The Kier molecular flexibility index (Phi) is 1.76. The number of phenols is 2. The summed E-state index contributed by atoms with van der Waals surface area (Å²) in [5, 5.41) is 18.0. The van der Waals surface area contributed by atoms with Crippen molar-refractivity contribution in [2.45, 2.75) is 11.8 Å². The van der Waals surface area contributed by atoms with Crippen molar-refractivity contribution < 1.29 is 10.2 Å². The summed E-state index contributed by atoms with van der Waals surface area (Å²) in [6.45, 7) is 1.70. The van der Waals surface area contributed by atoms with Crippen LogP contribution in [0, 0.1) is 6.92 Å². The van der Waals surface area contributed by atoms with E-state index in [0.29, 0.717) is 10.5 Å². The van der Waals surface area contributed by atoms with Crippen LogP contribution in [-0.4, -0.2) is 10.2 Å². The zero-order valence-electron chi connectivity index (χ0n) is 5.50. The number of phenolic OH excluding ortho intramolecular Hbond substituents is 2. The standard InChI is InChI=1S/C7H8O2S/c1-4-2-5(10)3-6(8)7(4)9/h2-3,8-10H,1H3. The first-order valence-corrected chi connectivity index (χ1v) is 3.27. The molecule has 0 heterocycles. The van der Waals surface area contributed by atoms with E-state index in [1.807, 2.05) is 0 Å². The third-order valence-electron chi connectivity index (χ3n) is 1.27. The molecule has 0 radical (unpaired) electrons. The Hall–Kier alpha value is -0.830. The van der Waals surface area contributed by atoms with Crippen molar-refractivity contribution >= 4 is 12.6 Å². The van der Waals surface area contributed by atoms with Gasteiger partial charge in [-0.2, -0.15) is 0 Å². The average Bonchev–Trinajstić information content (AvgIpc) is 1.82. The maximum atomic E-state index is 9.05. The van der Waals surface area contributed by atoms with Gasteiger partial charge in [0.25, 0.3) is 0 Å². The van der Waals surface area contributed by atoms with Crippen molar-refractivity contribution in [1.29, 1.82) is 0 Å². The average molecular weight is 156 g/mol. The van der Waals surface area contributed by atoms with Gasteiger partial charge in [-0.25, -0.2) is 0 Å². The summed E-state index contributed by atoms with van der Waals surface area (Å²) >= 11 is 4.00. The van der Waals surface area contributed by atoms with Gasteiger partial charge in [0, 0.05) is 4.90 Å². The predicted octanol–water partition coefficient (Wildman–Crippen LogP) is 1.69. The van der Waals surface area contributed by atoms with Crippen LogP contribution in [0.3, 0.4) is 0 Å². The van der Waals surface area contributed by atoms with Gasteiger partial charge in [-0.3, -0.25) is 0 Å². The van der Waals surface area contributed by atoms with Crippen molar-refractivity contribution in [2.75, 3.05) is 0 Å². The largest absolute Gasteiger partial charge is 0.504 e. The van der Waals surface area contributed by atoms with Crippen molar-refractivity contribution in [2.24, 2.45) is 0 Å². The fourth-order valence-corrected chi connectivity index (χ4v) is 1.06. The molecule has 0 amide bonds. The molecular formula is C7H8O2S. The summed E-state index contributed by atoms with van der Waals surface area (Å²) in [5.41, 5.74) is 0.630. The van der Waals surface area contributed by atoms with Crippen LogP contribution >= 0.6 is 12.6 Å². The van der Waals surface area contributed by atoms with Gasteiger partial charge in [-0.1, -0.05) is 0 Å². The van der Waals surface area contributed by atoms with E-state index in [4.69, 9.17) is 10.2 Å². The number of aryl methyl sites for hydroxylation is 1. The highest BCUT2D eigenvalue weighted by molar-refractivity contribution is 7.80. The van der Waals surface area contributed by atoms with Gasteiger partial charge >= 0.3 is 0 Å². The van der Waals surface area contributed by atoms with Gasteiger partial charge in [0.05, 0.1) is 0 Å². The number of thiol groups is 1. The van der Waals surface area contributed by atoms with Gasteiger partial charge in [-0.15, -0.1) is 12.6 Å². The van der Waals surface area contributed by atoms with E-state index in [0.717, 1.165) is 0 Å². The molecule has 2 N–H and O–H groups in total. The second kappa shape index (κ2) is 2.42. The first-order valence-electron chi connectivity index (χ1n) is 2.83. The third-order valence-corrected chi connectivity index (χ3v) is 1.52. The highest BCUT2D eigenvalue weighted by atomic mass is 32.1. The summed E-state index contributed by atoms with van der Waals surface area (Å²) in [6, 6.07) is 3.07. The highest BCUT2D eigenvalue weighted by Crippen LogP contribution is 2.30. The van der Waals surface area contributed by atoms with Crippen LogP contribution in [0.15, 0.2) is 17.0 Å². The highest BCUT2D eigenvalue weighted by Gasteiger charge is 2.02. The minimum absolute atomic E-state index is 0.0715. The number of hydrogen-bond acceptors (Lipinski definition) is 3. The summed E-state index contributed by atoms with van der Waals surface area (Å²) in [4.78, 5) is 0.646. The number of aromatic hydroxyl groups is 2. The molecule has 0 saturated heterocycles. The Morgan fingerprint density at radius 3 is 2.40 bits per heavy atom. The second-order valence-corrected chi connectivity index (χ2v) is 2.65. The molecule has 0 spiro atoms. The van der Waals surface area contributed by atoms with Gasteiger partial charge in [0.15, 0.2) is 11.5 Å². The maximum absolute atomic E-state index is 9.05. The van der Waals surface area contributed by atoms with Crippen molar-refractivity contribution in [1.82, 2.24) is 0 Å². The van der Waals surface area contributed by atoms with E-state index in [1.165, 1.54) is 6.07 Å². The van der Waals surface area contributed by atoms with E-state index >= 15 is 0 Å². The van der Waals surface area contributed by atoms with Crippen LogP contribution in [0.2, 0.25) is 0 Å². The molecule has 0 aliphatic rings. The van der Waals surface area contributed by atoms with Gasteiger partial charge in [-0.05, 0) is 24.6 Å². The Labute approximate surface area is 64.5 Å². The number of rotatable bonds is 0. The summed E-state index contributed by atoms with van der Waals surface area (Å²) in [5.74, 6) is -0.192. The Morgan fingerprint density at radius 1 is 1.30 bits per heavy atom. The molecular weight excluding hydrogens is 148 g/mol. The molecule has 0 aliphatic carbocycles. The normalized spacial score (nSPS) is 9.80. The molecule has 2 nitrogen and oxygen atoms in total. The summed E-state index contributed by atoms with van der Waals surface area (Å²) in [6.07, 6.45) is 0. The molecule has 1 rings (SSSR count). The van der Waals surface area contributed by atoms with Crippen LogP contribution in [0.5, 0.6) is 11.5 Å². The monoisotopic (exact) mass is 156 g/mol. The minimum atomic E-state index is -0.120. The summed E-state index contributed by atoms with van der Waals surface area (Å²) in [7, 11) is 0. The zero-order chi connectivity index (χ0) is 7.72. The second-order valence-electron chi connectivity index (χ2n) is 2.13. The van der Waals surface area contributed by atoms with Gasteiger partial charge < -0.3 is 10.2 Å². The summed E-state index contributed by atoms with van der Waals surface area (Å²) < 4.78 is 0. The lowest BCUT2D eigenvalue weighted by atomic mass is 10.2. The van der Waals surface area contributed by atoms with E-state index in [9.17, 15) is 0 Å². The zero-order valence-corrected chi connectivity index (χ0v) is 6.39. The molecule has 0 atom stereocenters. The van der Waals surface area contributed by atoms with Crippen LogP contribution in [0.4, 0.5) is 0 Å². The molecule has 54 valence electrons. The molecule has 0 bridgehead atoms. The number of hydrogen-bond donors (Lipinski definition) is 3. The molecule has 10 heavy (non-hydrogen) atoms. The van der Waals surface area contributed by atoms with Crippen molar-refractivity contribution in [3.63, 3.8) is 0 Å². The third kappa shape index (κ3) is 1.19. The van der Waals surface area contributed by atoms with Crippen molar-refractivity contribution in [3.05, 3.63) is 17.7 Å². The first-order chi connectivity index (χ1) is 4.61. The van der Waals surface area contributed by atoms with E-state index < -0.39 is 0 Å². The van der Waals surface area contributed by atoms with Crippen molar-refractivity contribution in [3.8, 4) is 11.5 Å².